The summed E-state index contributed by atoms with van der Waals surface area (Å²) in [4.78, 5) is 21.8. The van der Waals surface area contributed by atoms with Crippen molar-refractivity contribution in [2.45, 2.75) is 13.0 Å². The number of aromatic amines is 1. The SMILES string of the molecule is COc1ccc(-c2nc(C(=O)NC(c3ccccc3)c3n[nH]c(C)n3)cs2)cc1. The molecule has 0 aliphatic heterocycles. The first-order valence-corrected chi connectivity index (χ1v) is 9.86. The van der Waals surface area contributed by atoms with Crippen LogP contribution in [0.15, 0.2) is 60.0 Å². The highest BCUT2D eigenvalue weighted by atomic mass is 32.1. The number of aryl methyl sites for hydroxylation is 1. The molecule has 0 saturated carbocycles. The Labute approximate surface area is 171 Å². The van der Waals surface area contributed by atoms with Crippen molar-refractivity contribution in [3.05, 3.63) is 82.9 Å². The topological polar surface area (TPSA) is 92.8 Å². The predicted molar refractivity (Wildman–Crippen MR) is 111 cm³/mol. The number of rotatable bonds is 6. The maximum atomic E-state index is 12.9. The Hall–Kier alpha value is -3.52. The fourth-order valence-electron chi connectivity index (χ4n) is 2.88. The number of carbonyl (C=O) groups is 1. The Kier molecular flexibility index (Phi) is 5.35. The molecule has 2 heterocycles. The van der Waals surface area contributed by atoms with Crippen molar-refractivity contribution in [3.8, 4) is 16.3 Å². The molecule has 2 aromatic heterocycles. The molecule has 1 unspecified atom stereocenters. The van der Waals surface area contributed by atoms with Gasteiger partial charge in [-0.25, -0.2) is 9.97 Å². The monoisotopic (exact) mass is 405 g/mol. The second kappa shape index (κ2) is 8.24. The van der Waals surface area contributed by atoms with Gasteiger partial charge >= 0.3 is 0 Å². The molecule has 2 aromatic carbocycles. The summed E-state index contributed by atoms with van der Waals surface area (Å²) in [7, 11) is 1.62. The highest BCUT2D eigenvalue weighted by molar-refractivity contribution is 7.13. The van der Waals surface area contributed by atoms with Gasteiger partial charge in [0.15, 0.2) is 5.82 Å². The smallest absolute Gasteiger partial charge is 0.271 e. The van der Waals surface area contributed by atoms with Crippen LogP contribution in [0, 0.1) is 6.92 Å². The molecule has 0 fully saturated rings. The lowest BCUT2D eigenvalue weighted by atomic mass is 10.1. The maximum Gasteiger partial charge on any atom is 0.271 e. The van der Waals surface area contributed by atoms with Gasteiger partial charge in [-0.2, -0.15) is 5.10 Å². The third-order valence-corrected chi connectivity index (χ3v) is 5.25. The van der Waals surface area contributed by atoms with E-state index in [0.29, 0.717) is 17.3 Å². The number of ether oxygens (including phenoxy) is 1. The fraction of sp³-hybridized carbons (Fsp3) is 0.143. The number of benzene rings is 2. The van der Waals surface area contributed by atoms with E-state index in [1.165, 1.54) is 11.3 Å². The van der Waals surface area contributed by atoms with Crippen LogP contribution in [0.4, 0.5) is 0 Å². The van der Waals surface area contributed by atoms with Crippen LogP contribution in [-0.4, -0.2) is 33.2 Å². The zero-order valence-electron chi connectivity index (χ0n) is 15.9. The second-order valence-electron chi connectivity index (χ2n) is 6.36. The van der Waals surface area contributed by atoms with E-state index in [4.69, 9.17) is 4.74 Å². The molecule has 146 valence electrons. The van der Waals surface area contributed by atoms with Crippen molar-refractivity contribution in [1.29, 1.82) is 0 Å². The Morgan fingerprint density at radius 2 is 1.86 bits per heavy atom. The molecule has 7 nitrogen and oxygen atoms in total. The lowest BCUT2D eigenvalue weighted by Gasteiger charge is -2.15. The van der Waals surface area contributed by atoms with E-state index in [-0.39, 0.29) is 5.91 Å². The average molecular weight is 405 g/mol. The summed E-state index contributed by atoms with van der Waals surface area (Å²) >= 11 is 1.42. The van der Waals surface area contributed by atoms with Crippen molar-refractivity contribution >= 4 is 17.2 Å². The van der Waals surface area contributed by atoms with Crippen LogP contribution in [0.1, 0.15) is 33.7 Å². The molecule has 29 heavy (non-hydrogen) atoms. The highest BCUT2D eigenvalue weighted by Gasteiger charge is 2.23. The Bertz CT molecular complexity index is 1110. The summed E-state index contributed by atoms with van der Waals surface area (Å²) < 4.78 is 5.18. The summed E-state index contributed by atoms with van der Waals surface area (Å²) in [6.45, 7) is 1.82. The Morgan fingerprint density at radius 3 is 2.52 bits per heavy atom. The van der Waals surface area contributed by atoms with Crippen molar-refractivity contribution in [3.63, 3.8) is 0 Å². The van der Waals surface area contributed by atoms with E-state index >= 15 is 0 Å². The van der Waals surface area contributed by atoms with Gasteiger partial charge in [0.1, 0.15) is 28.3 Å². The van der Waals surface area contributed by atoms with E-state index in [2.05, 4.69) is 25.5 Å². The minimum atomic E-state index is -0.472. The molecule has 0 aliphatic rings. The maximum absolute atomic E-state index is 12.9. The highest BCUT2D eigenvalue weighted by Crippen LogP contribution is 2.26. The number of aromatic nitrogens is 4. The molecule has 8 heteroatoms. The first-order chi connectivity index (χ1) is 14.1. The molecule has 0 aliphatic carbocycles. The third kappa shape index (κ3) is 4.17. The molecule has 0 bridgehead atoms. The van der Waals surface area contributed by atoms with Crippen LogP contribution < -0.4 is 10.1 Å². The number of methoxy groups -OCH3 is 1. The minimum absolute atomic E-state index is 0.280. The number of hydrogen-bond donors (Lipinski definition) is 2. The number of H-pyrrole nitrogens is 1. The first-order valence-electron chi connectivity index (χ1n) is 8.98. The molecule has 1 atom stereocenters. The van der Waals surface area contributed by atoms with Crippen molar-refractivity contribution in [2.75, 3.05) is 7.11 Å². The Morgan fingerprint density at radius 1 is 1.10 bits per heavy atom. The number of amides is 1. The van der Waals surface area contributed by atoms with Gasteiger partial charge in [-0.05, 0) is 36.8 Å². The van der Waals surface area contributed by atoms with Gasteiger partial charge in [0.05, 0.1) is 7.11 Å². The molecule has 4 aromatic rings. The molecule has 0 radical (unpaired) electrons. The summed E-state index contributed by atoms with van der Waals surface area (Å²) in [5.41, 5.74) is 2.18. The summed E-state index contributed by atoms with van der Waals surface area (Å²) in [6, 6.07) is 16.7. The van der Waals surface area contributed by atoms with E-state index in [1.54, 1.807) is 12.5 Å². The van der Waals surface area contributed by atoms with Crippen LogP contribution in [0.2, 0.25) is 0 Å². The number of nitrogens with one attached hydrogen (secondary N) is 2. The van der Waals surface area contributed by atoms with Crippen molar-refractivity contribution < 1.29 is 9.53 Å². The molecule has 1 amide bonds. The zero-order valence-corrected chi connectivity index (χ0v) is 16.7. The average Bonchev–Trinajstić information content (AvgIpc) is 3.42. The number of carbonyl (C=O) groups excluding carboxylic acids is 1. The second-order valence-corrected chi connectivity index (χ2v) is 7.22. The lowest BCUT2D eigenvalue weighted by molar-refractivity contribution is 0.0937. The van der Waals surface area contributed by atoms with E-state index in [0.717, 1.165) is 21.9 Å². The largest absolute Gasteiger partial charge is 0.497 e. The van der Waals surface area contributed by atoms with Gasteiger partial charge in [0.25, 0.3) is 5.91 Å². The van der Waals surface area contributed by atoms with Crippen molar-refractivity contribution in [1.82, 2.24) is 25.5 Å². The summed E-state index contributed by atoms with van der Waals surface area (Å²) in [6.07, 6.45) is 0. The van der Waals surface area contributed by atoms with E-state index in [1.807, 2.05) is 61.5 Å². The van der Waals surface area contributed by atoms with Crippen LogP contribution in [0.3, 0.4) is 0 Å². The molecule has 0 spiro atoms. The molecule has 4 rings (SSSR count). The van der Waals surface area contributed by atoms with E-state index < -0.39 is 6.04 Å². The Balaban J connectivity index is 1.57. The van der Waals surface area contributed by atoms with Gasteiger partial charge in [-0.15, -0.1) is 11.3 Å². The molecular weight excluding hydrogens is 386 g/mol. The van der Waals surface area contributed by atoms with Gasteiger partial charge < -0.3 is 10.1 Å². The standard InChI is InChI=1S/C21H19N5O2S/c1-13-22-19(26-25-13)18(14-6-4-3-5-7-14)24-20(27)17-12-29-21(23-17)15-8-10-16(28-2)11-9-15/h3-12,18H,1-2H3,(H,24,27)(H,22,25,26). The third-order valence-electron chi connectivity index (χ3n) is 4.35. The normalized spacial score (nSPS) is 11.8. The summed E-state index contributed by atoms with van der Waals surface area (Å²) in [5.74, 6) is 1.69. The van der Waals surface area contributed by atoms with Crippen LogP contribution in [-0.2, 0) is 0 Å². The predicted octanol–water partition coefficient (Wildman–Crippen LogP) is 3.76. The minimum Gasteiger partial charge on any atom is -0.497 e. The van der Waals surface area contributed by atoms with Gasteiger partial charge in [-0.3, -0.25) is 9.89 Å². The number of hydrogen-bond acceptors (Lipinski definition) is 6. The fourth-order valence-corrected chi connectivity index (χ4v) is 3.69. The number of thiazole rings is 1. The van der Waals surface area contributed by atoms with Crippen LogP contribution in [0.25, 0.3) is 10.6 Å². The van der Waals surface area contributed by atoms with E-state index in [9.17, 15) is 4.79 Å². The first kappa shape index (κ1) is 18.8. The lowest BCUT2D eigenvalue weighted by Crippen LogP contribution is -2.30. The van der Waals surface area contributed by atoms with Crippen LogP contribution in [0.5, 0.6) is 5.75 Å². The molecule has 2 N–H and O–H groups in total. The van der Waals surface area contributed by atoms with Gasteiger partial charge in [0.2, 0.25) is 0 Å². The molecular formula is C21H19N5O2S. The number of nitrogens with zero attached hydrogens (tertiary/aromatic N) is 3. The van der Waals surface area contributed by atoms with Crippen molar-refractivity contribution in [2.24, 2.45) is 0 Å². The quantitative estimate of drug-likeness (QED) is 0.509. The molecule has 0 saturated heterocycles. The van der Waals surface area contributed by atoms with Crippen LogP contribution >= 0.6 is 11.3 Å². The summed E-state index contributed by atoms with van der Waals surface area (Å²) in [5, 5.41) is 12.6. The van der Waals surface area contributed by atoms with Gasteiger partial charge in [0, 0.05) is 10.9 Å². The van der Waals surface area contributed by atoms with Gasteiger partial charge in [-0.1, -0.05) is 30.3 Å². The zero-order chi connectivity index (χ0) is 20.2.